The average Bonchev–Trinajstić information content (AvgIpc) is 3.13. The number of halogens is 1. The molecular formula is C20H17ClN3O4S+. The van der Waals surface area contributed by atoms with Gasteiger partial charge < -0.3 is 0 Å². The quantitative estimate of drug-likeness (QED) is 0.297. The van der Waals surface area contributed by atoms with E-state index in [0.29, 0.717) is 16.3 Å². The normalized spacial score (nSPS) is 13.5. The molecule has 0 saturated carbocycles. The predicted octanol–water partition coefficient (Wildman–Crippen LogP) is 3.08. The summed E-state index contributed by atoms with van der Waals surface area (Å²) in [5.74, 6) is 0.885. The number of aromatic nitrogens is 2. The number of sulfone groups is 1. The molecule has 0 aliphatic carbocycles. The molecule has 0 aliphatic rings. The van der Waals surface area contributed by atoms with E-state index in [9.17, 15) is 18.4 Å². The third kappa shape index (κ3) is 3.95. The molecule has 0 fully saturated rings. The Bertz CT molecular complexity index is 1240. The van der Waals surface area contributed by atoms with Crippen molar-refractivity contribution in [2.75, 3.05) is 13.3 Å². The summed E-state index contributed by atoms with van der Waals surface area (Å²) in [6, 6.07) is 14.5. The molecule has 1 amide bonds. The Labute approximate surface area is 173 Å². The number of hydrogen-bond donors (Lipinski definition) is 1. The highest BCUT2D eigenvalue weighted by atomic mass is 35.5. The molecule has 1 unspecified atom stereocenters. The Morgan fingerprint density at radius 3 is 2.41 bits per heavy atom. The fourth-order valence-corrected chi connectivity index (χ4v) is 3.75. The molecule has 0 radical (unpaired) electrons. The van der Waals surface area contributed by atoms with Crippen LogP contribution in [0.5, 0.6) is 0 Å². The van der Waals surface area contributed by atoms with Crippen LogP contribution in [0.3, 0.4) is 0 Å². The minimum atomic E-state index is -3.58. The summed E-state index contributed by atoms with van der Waals surface area (Å²) in [5, 5.41) is 15.4. The Hall–Kier alpha value is -2.96. The van der Waals surface area contributed by atoms with Gasteiger partial charge in [-0.25, -0.2) is 23.1 Å². The molecule has 0 spiro atoms. The van der Waals surface area contributed by atoms with Crippen molar-refractivity contribution in [3.8, 4) is 29.3 Å². The molecule has 148 valence electrons. The molecule has 7 nitrogen and oxygen atoms in total. The van der Waals surface area contributed by atoms with Crippen LogP contribution in [0.1, 0.15) is 0 Å². The molecule has 0 bridgehead atoms. The van der Waals surface area contributed by atoms with E-state index >= 15 is 0 Å². The topological polar surface area (TPSA) is 89.3 Å². The van der Waals surface area contributed by atoms with Crippen molar-refractivity contribution in [2.24, 2.45) is 0 Å². The zero-order valence-corrected chi connectivity index (χ0v) is 17.1. The highest BCUT2D eigenvalue weighted by Gasteiger charge is 2.36. The molecule has 1 heterocycles. The monoisotopic (exact) mass is 430 g/mol. The van der Waals surface area contributed by atoms with Crippen molar-refractivity contribution in [3.63, 3.8) is 0 Å². The van der Waals surface area contributed by atoms with E-state index in [1.54, 1.807) is 42.5 Å². The number of hydrogen-bond acceptors (Lipinski definition) is 5. The van der Waals surface area contributed by atoms with E-state index in [1.165, 1.54) is 23.9 Å². The lowest BCUT2D eigenvalue weighted by Gasteiger charge is -2.15. The number of hydroxylamine groups is 2. The summed E-state index contributed by atoms with van der Waals surface area (Å²) in [5.41, 5.74) is 1.35. The molecule has 9 heteroatoms. The van der Waals surface area contributed by atoms with Crippen LogP contribution >= 0.6 is 11.6 Å². The maximum Gasteiger partial charge on any atom is 0.429 e. The summed E-state index contributed by atoms with van der Waals surface area (Å²) >= 11 is 5.97. The summed E-state index contributed by atoms with van der Waals surface area (Å²) in [4.78, 5) is 12.1. The van der Waals surface area contributed by atoms with Gasteiger partial charge in [-0.1, -0.05) is 40.5 Å². The van der Waals surface area contributed by atoms with Crippen molar-refractivity contribution in [1.82, 2.24) is 14.4 Å². The smallest absolute Gasteiger partial charge is 0.226 e. The second kappa shape index (κ2) is 7.46. The lowest BCUT2D eigenvalue weighted by Crippen LogP contribution is -2.47. The largest absolute Gasteiger partial charge is 0.429 e. The van der Waals surface area contributed by atoms with Crippen LogP contribution in [0, 0.1) is 12.3 Å². The van der Waals surface area contributed by atoms with Crippen LogP contribution in [0.4, 0.5) is 5.82 Å². The maximum absolute atomic E-state index is 12.3. The van der Waals surface area contributed by atoms with Gasteiger partial charge in [0.25, 0.3) is 5.82 Å². The standard InChI is InChI=1S/C20H17ClN3O4S/c1-4-20(25)24(2,26)19-13-17(14-9-11-15(21)12-10-14)23(22-19)16-7-5-6-8-18(16)29(3,27)28/h1,5-13,26H,2-3H3/q+1. The van der Waals surface area contributed by atoms with E-state index in [2.05, 4.69) is 5.10 Å². The number of para-hydroxylation sites is 1. The second-order valence-corrected chi connectivity index (χ2v) is 8.88. The SMILES string of the molecule is C#CC(=O)[N+](C)(O)c1cc(-c2ccc(Cl)cc2)n(-c2ccccc2S(C)(=O)=O)n1. The highest BCUT2D eigenvalue weighted by molar-refractivity contribution is 7.90. The lowest BCUT2D eigenvalue weighted by atomic mass is 10.1. The van der Waals surface area contributed by atoms with Crippen LogP contribution < -0.4 is 4.65 Å². The summed E-state index contributed by atoms with van der Waals surface area (Å²) in [7, 11) is -2.40. The van der Waals surface area contributed by atoms with Crippen molar-refractivity contribution in [2.45, 2.75) is 4.90 Å². The molecule has 1 aromatic heterocycles. The summed E-state index contributed by atoms with van der Waals surface area (Å²) in [6.07, 6.45) is 6.25. The highest BCUT2D eigenvalue weighted by Crippen LogP contribution is 2.32. The fourth-order valence-electron chi connectivity index (χ4n) is 2.77. The molecule has 1 N–H and O–H groups in total. The number of quaternary nitrogens is 1. The van der Waals surface area contributed by atoms with Gasteiger partial charge in [0.1, 0.15) is 7.05 Å². The average molecular weight is 431 g/mol. The van der Waals surface area contributed by atoms with Gasteiger partial charge in [-0.15, -0.1) is 11.5 Å². The van der Waals surface area contributed by atoms with E-state index in [4.69, 9.17) is 18.0 Å². The van der Waals surface area contributed by atoms with Crippen molar-refractivity contribution < 1.29 is 18.4 Å². The van der Waals surface area contributed by atoms with Gasteiger partial charge in [0.2, 0.25) is 0 Å². The first-order valence-electron chi connectivity index (χ1n) is 8.32. The van der Waals surface area contributed by atoms with Crippen molar-refractivity contribution in [1.29, 1.82) is 0 Å². The zero-order chi connectivity index (χ0) is 21.4. The maximum atomic E-state index is 12.3. The Balaban J connectivity index is 2.34. The Morgan fingerprint density at radius 2 is 1.83 bits per heavy atom. The predicted molar refractivity (Wildman–Crippen MR) is 110 cm³/mol. The van der Waals surface area contributed by atoms with Gasteiger partial charge in [-0.05, 0) is 24.3 Å². The summed E-state index contributed by atoms with van der Waals surface area (Å²) in [6.45, 7) is 0. The van der Waals surface area contributed by atoms with Crippen LogP contribution in [-0.4, -0.2) is 42.6 Å². The molecule has 2 aromatic carbocycles. The molecule has 3 aromatic rings. The zero-order valence-electron chi connectivity index (χ0n) is 15.6. The van der Waals surface area contributed by atoms with Gasteiger partial charge >= 0.3 is 5.91 Å². The third-order valence-electron chi connectivity index (χ3n) is 4.29. The number of amides is 1. The van der Waals surface area contributed by atoms with E-state index in [-0.39, 0.29) is 16.4 Å². The number of carbonyl (C=O) groups is 1. The first kappa shape index (κ1) is 20.8. The Kier molecular flexibility index (Phi) is 5.34. The minimum absolute atomic E-state index is 0.0419. The van der Waals surface area contributed by atoms with Crippen LogP contribution in [0.25, 0.3) is 16.9 Å². The van der Waals surface area contributed by atoms with Gasteiger partial charge in [0.05, 0.1) is 22.3 Å². The van der Waals surface area contributed by atoms with Crippen LogP contribution in [-0.2, 0) is 14.6 Å². The van der Waals surface area contributed by atoms with Crippen molar-refractivity contribution >= 4 is 33.2 Å². The number of nitrogens with zero attached hydrogens (tertiary/aromatic N) is 3. The minimum Gasteiger partial charge on any atom is -0.226 e. The molecule has 0 saturated heterocycles. The number of benzene rings is 2. The first-order valence-corrected chi connectivity index (χ1v) is 10.6. The Morgan fingerprint density at radius 1 is 1.21 bits per heavy atom. The van der Waals surface area contributed by atoms with Crippen LogP contribution in [0.2, 0.25) is 5.02 Å². The fraction of sp³-hybridized carbons (Fsp3) is 0.100. The number of terminal acetylenes is 1. The first-order chi connectivity index (χ1) is 13.6. The molecule has 1 atom stereocenters. The molecule has 0 aliphatic heterocycles. The summed E-state index contributed by atoms with van der Waals surface area (Å²) < 4.78 is 24.6. The van der Waals surface area contributed by atoms with Gasteiger partial charge in [-0.3, -0.25) is 0 Å². The molecule has 29 heavy (non-hydrogen) atoms. The van der Waals surface area contributed by atoms with E-state index < -0.39 is 20.4 Å². The van der Waals surface area contributed by atoms with E-state index in [0.717, 1.165) is 6.26 Å². The molecular weight excluding hydrogens is 414 g/mol. The number of rotatable bonds is 4. The van der Waals surface area contributed by atoms with Gasteiger partial charge in [0.15, 0.2) is 9.84 Å². The van der Waals surface area contributed by atoms with Crippen molar-refractivity contribution in [3.05, 3.63) is 59.6 Å². The lowest BCUT2D eigenvalue weighted by molar-refractivity contribution is -0.149. The number of carbonyl (C=O) groups excluding carboxylic acids is 1. The van der Waals surface area contributed by atoms with Crippen LogP contribution in [0.15, 0.2) is 59.5 Å². The molecule has 3 rings (SSSR count). The van der Waals surface area contributed by atoms with Gasteiger partial charge in [0, 0.05) is 22.8 Å². The van der Waals surface area contributed by atoms with Gasteiger partial charge in [-0.2, -0.15) is 0 Å². The van der Waals surface area contributed by atoms with E-state index in [1.807, 2.05) is 5.92 Å². The second-order valence-electron chi connectivity index (χ2n) is 6.45. The third-order valence-corrected chi connectivity index (χ3v) is 5.69.